The van der Waals surface area contributed by atoms with Gasteiger partial charge in [0.15, 0.2) is 5.60 Å². The van der Waals surface area contributed by atoms with Crippen LogP contribution in [0, 0.1) is 16.7 Å². The van der Waals surface area contributed by atoms with Gasteiger partial charge in [-0.25, -0.2) is 0 Å². The lowest BCUT2D eigenvalue weighted by Crippen LogP contribution is -2.81. The average molecular weight is 390 g/mol. The summed E-state index contributed by atoms with van der Waals surface area (Å²) in [5.74, 6) is -3.05. The highest BCUT2D eigenvalue weighted by atomic mass is 16.9. The van der Waals surface area contributed by atoms with Gasteiger partial charge in [0.05, 0.1) is 29.5 Å². The maximum atomic E-state index is 12.9. The molecule has 8 heteroatoms. The Morgan fingerprint density at radius 2 is 2.00 bits per heavy atom. The Bertz CT molecular complexity index is 911. The number of furan rings is 1. The second-order valence-electron chi connectivity index (χ2n) is 9.28. The highest BCUT2D eigenvalue weighted by Gasteiger charge is 2.91. The lowest BCUT2D eigenvalue weighted by Gasteiger charge is -2.68. The normalized spacial score (nSPS) is 56.2. The second kappa shape index (κ2) is 4.47. The van der Waals surface area contributed by atoms with Gasteiger partial charge < -0.3 is 28.5 Å². The molecule has 1 N–H and O–H groups in total. The smallest absolute Gasteiger partial charge is 0.317 e. The van der Waals surface area contributed by atoms with Crippen molar-refractivity contribution in [3.05, 3.63) is 24.2 Å². The van der Waals surface area contributed by atoms with Crippen LogP contribution >= 0.6 is 0 Å². The topological polar surface area (TPSA) is 104 Å². The highest BCUT2D eigenvalue weighted by molar-refractivity contribution is 5.83. The predicted molar refractivity (Wildman–Crippen MR) is 89.2 cm³/mol. The van der Waals surface area contributed by atoms with E-state index >= 15 is 0 Å². The van der Waals surface area contributed by atoms with Crippen LogP contribution in [0.3, 0.4) is 0 Å². The van der Waals surface area contributed by atoms with Crippen molar-refractivity contribution in [1.29, 1.82) is 0 Å². The number of esters is 2. The van der Waals surface area contributed by atoms with E-state index < -0.39 is 58.1 Å². The number of hydrogen-bond acceptors (Lipinski definition) is 8. The molecular formula is C20H22O8. The molecule has 1 aromatic rings. The summed E-state index contributed by atoms with van der Waals surface area (Å²) < 4.78 is 29.7. The molecule has 4 saturated heterocycles. The van der Waals surface area contributed by atoms with E-state index in [0.717, 1.165) is 0 Å². The molecule has 2 bridgehead atoms. The van der Waals surface area contributed by atoms with Crippen LogP contribution in [0.1, 0.15) is 45.6 Å². The number of carbonyl (C=O) groups excluding carboxylic acids is 2. The van der Waals surface area contributed by atoms with E-state index in [4.69, 9.17) is 23.4 Å². The summed E-state index contributed by atoms with van der Waals surface area (Å²) in [7, 11) is 0. The Labute approximate surface area is 161 Å². The van der Waals surface area contributed by atoms with Crippen LogP contribution < -0.4 is 0 Å². The molecule has 6 rings (SSSR count). The number of ether oxygens (including phenoxy) is 4. The minimum atomic E-state index is -1.52. The zero-order chi connectivity index (χ0) is 19.7. The van der Waals surface area contributed by atoms with Gasteiger partial charge in [0.25, 0.3) is 0 Å². The lowest BCUT2D eigenvalue weighted by atomic mass is 9.43. The SMILES string of the molecule is C[C@@H]1C(=O)O[C@@H]2CC[C@]3(C)C(=O)O[C@H]4O[C@]5(c6ccoc6)C[C@@]1(O)[C@]2(C)[C@@]43O5. The van der Waals surface area contributed by atoms with E-state index in [1.807, 2.05) is 6.92 Å². The van der Waals surface area contributed by atoms with Crippen molar-refractivity contribution in [3.8, 4) is 0 Å². The van der Waals surface area contributed by atoms with Crippen LogP contribution in [-0.4, -0.2) is 40.6 Å². The van der Waals surface area contributed by atoms with Gasteiger partial charge in [-0.1, -0.05) is 6.92 Å². The molecule has 0 radical (unpaired) electrons. The molecule has 1 aliphatic carbocycles. The molecule has 0 amide bonds. The quantitative estimate of drug-likeness (QED) is 0.721. The van der Waals surface area contributed by atoms with Gasteiger partial charge >= 0.3 is 11.9 Å². The summed E-state index contributed by atoms with van der Waals surface area (Å²) in [6, 6.07) is 1.70. The van der Waals surface area contributed by atoms with E-state index in [2.05, 4.69) is 0 Å². The zero-order valence-electron chi connectivity index (χ0n) is 15.9. The van der Waals surface area contributed by atoms with Crippen molar-refractivity contribution in [2.45, 2.75) is 69.4 Å². The third kappa shape index (κ3) is 1.36. The fourth-order valence-electron chi connectivity index (χ4n) is 6.75. The van der Waals surface area contributed by atoms with Gasteiger partial charge in [0, 0.05) is 12.0 Å². The molecule has 5 fully saturated rings. The average Bonchev–Trinajstić information content (AvgIpc) is 3.31. The Kier molecular flexibility index (Phi) is 2.71. The van der Waals surface area contributed by atoms with Gasteiger partial charge in [0.2, 0.25) is 12.1 Å². The number of hydrogen-bond donors (Lipinski definition) is 1. The molecule has 1 saturated carbocycles. The molecule has 0 unspecified atom stereocenters. The Hall–Kier alpha value is -1.90. The third-order valence-electron chi connectivity index (χ3n) is 8.45. The van der Waals surface area contributed by atoms with Crippen molar-refractivity contribution in [2.24, 2.45) is 16.7 Å². The number of carbonyl (C=O) groups is 2. The molecule has 8 atom stereocenters. The van der Waals surface area contributed by atoms with Gasteiger partial charge in [-0.05, 0) is 32.8 Å². The fraction of sp³-hybridized carbons (Fsp3) is 0.700. The maximum absolute atomic E-state index is 12.9. The summed E-state index contributed by atoms with van der Waals surface area (Å²) in [6.45, 7) is 5.31. The van der Waals surface area contributed by atoms with Crippen molar-refractivity contribution in [3.63, 3.8) is 0 Å². The van der Waals surface area contributed by atoms with Crippen LogP contribution in [0.15, 0.2) is 23.0 Å². The minimum absolute atomic E-state index is 0.00861. The van der Waals surface area contributed by atoms with Crippen molar-refractivity contribution in [2.75, 3.05) is 0 Å². The van der Waals surface area contributed by atoms with E-state index in [1.54, 1.807) is 19.9 Å². The molecule has 4 aliphatic heterocycles. The van der Waals surface area contributed by atoms with E-state index in [1.165, 1.54) is 12.5 Å². The van der Waals surface area contributed by atoms with Crippen LogP contribution in [0.5, 0.6) is 0 Å². The Balaban J connectivity index is 1.67. The summed E-state index contributed by atoms with van der Waals surface area (Å²) >= 11 is 0. The summed E-state index contributed by atoms with van der Waals surface area (Å²) in [4.78, 5) is 25.6. The number of rotatable bonds is 1. The molecule has 0 aromatic carbocycles. The van der Waals surface area contributed by atoms with Gasteiger partial charge in [-0.3, -0.25) is 9.59 Å². The van der Waals surface area contributed by atoms with Gasteiger partial charge in [-0.2, -0.15) is 0 Å². The molecule has 5 aliphatic rings. The molecule has 1 aromatic heterocycles. The first-order valence-electron chi connectivity index (χ1n) is 9.69. The summed E-state index contributed by atoms with van der Waals surface area (Å²) in [6.07, 6.45) is 2.24. The van der Waals surface area contributed by atoms with Crippen molar-refractivity contribution in [1.82, 2.24) is 0 Å². The molecule has 8 nitrogen and oxygen atoms in total. The Morgan fingerprint density at radius 1 is 1.21 bits per heavy atom. The molecule has 150 valence electrons. The summed E-state index contributed by atoms with van der Waals surface area (Å²) in [5.41, 5.74) is -4.35. The minimum Gasteiger partial charge on any atom is -0.472 e. The van der Waals surface area contributed by atoms with E-state index in [0.29, 0.717) is 18.4 Å². The van der Waals surface area contributed by atoms with Crippen LogP contribution in [0.2, 0.25) is 0 Å². The second-order valence-corrected chi connectivity index (χ2v) is 9.28. The van der Waals surface area contributed by atoms with E-state index in [9.17, 15) is 14.7 Å². The molecule has 5 heterocycles. The number of aliphatic hydroxyl groups is 1. The Morgan fingerprint density at radius 3 is 2.71 bits per heavy atom. The molecule has 1 spiro atoms. The van der Waals surface area contributed by atoms with Crippen LogP contribution in [0.4, 0.5) is 0 Å². The number of fused-ring (bicyclic) bond motifs is 1. The first-order valence-corrected chi connectivity index (χ1v) is 9.69. The van der Waals surface area contributed by atoms with Crippen LogP contribution in [0.25, 0.3) is 0 Å². The first kappa shape index (κ1) is 17.0. The summed E-state index contributed by atoms with van der Waals surface area (Å²) in [5, 5.41) is 12.1. The van der Waals surface area contributed by atoms with Gasteiger partial charge in [-0.15, -0.1) is 0 Å². The first-order chi connectivity index (χ1) is 13.1. The highest BCUT2D eigenvalue weighted by Crippen LogP contribution is 2.77. The van der Waals surface area contributed by atoms with Crippen molar-refractivity contribution >= 4 is 11.9 Å². The zero-order valence-corrected chi connectivity index (χ0v) is 15.9. The lowest BCUT2D eigenvalue weighted by molar-refractivity contribution is -0.385. The molecule has 28 heavy (non-hydrogen) atoms. The third-order valence-corrected chi connectivity index (χ3v) is 8.45. The van der Waals surface area contributed by atoms with Gasteiger partial charge in [0.1, 0.15) is 11.5 Å². The fourth-order valence-corrected chi connectivity index (χ4v) is 6.75. The predicted octanol–water partition coefficient (Wildman–Crippen LogP) is 1.60. The van der Waals surface area contributed by atoms with Crippen molar-refractivity contribution < 1.29 is 38.1 Å². The largest absolute Gasteiger partial charge is 0.472 e. The molecular weight excluding hydrogens is 368 g/mol. The standard InChI is InChI=1S/C20H22O8/c1-10-13(21)25-12-4-6-16(2)14(22)26-15-20(16)17(12,3)18(10,23)9-19(27-15,28-20)11-5-7-24-8-11/h5,7-8,10,12,15,23H,4,6,9H2,1-3H3/t10-,12-,15+,16-,17-,18+,19-,20-/m1/s1. The monoisotopic (exact) mass is 390 g/mol. The van der Waals surface area contributed by atoms with Crippen LogP contribution in [-0.2, 0) is 34.3 Å². The van der Waals surface area contributed by atoms with E-state index in [-0.39, 0.29) is 6.42 Å². The maximum Gasteiger partial charge on any atom is 0.317 e.